The topological polar surface area (TPSA) is 4.93 Å². The number of rotatable bonds is 0. The maximum absolute atomic E-state index is 2.44. The minimum Gasteiger partial charge on any atom is -0.343 e. The summed E-state index contributed by atoms with van der Waals surface area (Å²) in [5.41, 5.74) is 14.3. The van der Waals surface area contributed by atoms with Crippen LogP contribution in [0.4, 0.5) is 0 Å². The molecule has 1 aromatic heterocycles. The van der Waals surface area contributed by atoms with E-state index in [1.54, 1.807) is 0 Å². The zero-order valence-corrected chi connectivity index (χ0v) is 19.4. The van der Waals surface area contributed by atoms with Crippen molar-refractivity contribution in [2.24, 2.45) is 7.05 Å². The summed E-state index contributed by atoms with van der Waals surface area (Å²) in [6.45, 7) is 9.69. The van der Waals surface area contributed by atoms with Crippen LogP contribution in [0.25, 0.3) is 44.1 Å². The number of para-hydroxylation sites is 1. The molecule has 1 heteroatoms. The minimum absolute atomic E-state index is 0.0412. The predicted octanol–water partition coefficient (Wildman–Crippen LogP) is 7.94. The number of aromatic nitrogens is 1. The Bertz CT molecular complexity index is 1620. The van der Waals surface area contributed by atoms with E-state index < -0.39 is 0 Å². The average Bonchev–Trinajstić information content (AvgIpc) is 3.31. The summed E-state index contributed by atoms with van der Waals surface area (Å²) in [6, 6.07) is 27.1. The minimum atomic E-state index is -0.0417. The third-order valence-electron chi connectivity index (χ3n) is 8.33. The first-order valence-corrected chi connectivity index (χ1v) is 11.6. The van der Waals surface area contributed by atoms with Crippen molar-refractivity contribution >= 4 is 21.8 Å². The molecule has 2 aliphatic carbocycles. The van der Waals surface area contributed by atoms with Crippen LogP contribution in [-0.2, 0) is 17.9 Å². The van der Waals surface area contributed by atoms with Gasteiger partial charge < -0.3 is 4.57 Å². The van der Waals surface area contributed by atoms with Gasteiger partial charge in [0, 0.05) is 39.7 Å². The molecule has 0 bridgehead atoms. The lowest BCUT2D eigenvalue weighted by molar-refractivity contribution is 0.601. The lowest BCUT2D eigenvalue weighted by Gasteiger charge is -2.31. The van der Waals surface area contributed by atoms with Gasteiger partial charge >= 0.3 is 0 Å². The van der Waals surface area contributed by atoms with Crippen LogP contribution in [0.15, 0.2) is 72.8 Å². The number of benzene rings is 4. The van der Waals surface area contributed by atoms with Crippen molar-refractivity contribution in [1.82, 2.24) is 4.57 Å². The Labute approximate surface area is 189 Å². The lowest BCUT2D eigenvalue weighted by Crippen LogP contribution is -2.24. The highest BCUT2D eigenvalue weighted by Crippen LogP contribution is 2.62. The molecule has 0 amide bonds. The fourth-order valence-corrected chi connectivity index (χ4v) is 6.98. The van der Waals surface area contributed by atoms with E-state index in [2.05, 4.69) is 112 Å². The fraction of sp³-hybridized carbons (Fsp3) is 0.226. The van der Waals surface area contributed by atoms with E-state index in [9.17, 15) is 0 Å². The molecule has 156 valence electrons. The van der Waals surface area contributed by atoms with E-state index in [4.69, 9.17) is 0 Å². The van der Waals surface area contributed by atoms with Gasteiger partial charge in [-0.15, -0.1) is 0 Å². The molecule has 0 fully saturated rings. The number of aryl methyl sites for hydroxylation is 1. The Morgan fingerprint density at radius 2 is 1.09 bits per heavy atom. The van der Waals surface area contributed by atoms with Gasteiger partial charge in [-0.2, -0.15) is 0 Å². The Morgan fingerprint density at radius 3 is 1.75 bits per heavy atom. The van der Waals surface area contributed by atoms with Crippen molar-refractivity contribution in [2.45, 2.75) is 38.5 Å². The molecule has 0 N–H and O–H groups in total. The Kier molecular flexibility index (Phi) is 3.16. The van der Waals surface area contributed by atoms with Gasteiger partial charge in [0.05, 0.1) is 5.52 Å². The summed E-state index contributed by atoms with van der Waals surface area (Å²) in [7, 11) is 2.25. The van der Waals surface area contributed by atoms with Crippen LogP contribution in [-0.4, -0.2) is 4.57 Å². The highest BCUT2D eigenvalue weighted by molar-refractivity contribution is 6.22. The highest BCUT2D eigenvalue weighted by Gasteiger charge is 2.47. The molecule has 7 rings (SSSR count). The van der Waals surface area contributed by atoms with Crippen molar-refractivity contribution in [3.8, 4) is 22.3 Å². The van der Waals surface area contributed by atoms with Crippen LogP contribution in [0.5, 0.6) is 0 Å². The van der Waals surface area contributed by atoms with Crippen LogP contribution in [0, 0.1) is 0 Å². The Balaban J connectivity index is 1.85. The van der Waals surface area contributed by atoms with Crippen molar-refractivity contribution in [3.63, 3.8) is 0 Å². The summed E-state index contributed by atoms with van der Waals surface area (Å²) in [4.78, 5) is 0. The Hall–Kier alpha value is -3.32. The molecule has 4 aromatic carbocycles. The number of hydrogen-bond donors (Lipinski definition) is 0. The van der Waals surface area contributed by atoms with Gasteiger partial charge in [-0.25, -0.2) is 0 Å². The smallest absolute Gasteiger partial charge is 0.0578 e. The van der Waals surface area contributed by atoms with Gasteiger partial charge in [0.2, 0.25) is 0 Å². The zero-order valence-electron chi connectivity index (χ0n) is 19.4. The normalized spacial score (nSPS) is 16.8. The van der Waals surface area contributed by atoms with E-state index in [1.165, 1.54) is 66.3 Å². The third-order valence-corrected chi connectivity index (χ3v) is 8.33. The van der Waals surface area contributed by atoms with Gasteiger partial charge in [-0.3, -0.25) is 0 Å². The van der Waals surface area contributed by atoms with Crippen molar-refractivity contribution in [2.75, 3.05) is 0 Å². The molecular formula is C31H27N. The van der Waals surface area contributed by atoms with Gasteiger partial charge in [-0.05, 0) is 45.0 Å². The molecule has 0 unspecified atom stereocenters. The first kappa shape index (κ1) is 18.3. The van der Waals surface area contributed by atoms with Crippen molar-refractivity contribution < 1.29 is 0 Å². The second kappa shape index (κ2) is 5.53. The standard InChI is InChI=1S/C31H27N/c1-30(2)21-15-9-6-12-18(21)24-25-20-14-8-11-17-23(20)32(5)29(25)26-19-13-7-10-16-22(19)31(3,4)28(26)27(24)30/h6-17H,1-5H3. The van der Waals surface area contributed by atoms with E-state index in [-0.39, 0.29) is 10.8 Å². The van der Waals surface area contributed by atoms with E-state index in [0.717, 1.165) is 0 Å². The summed E-state index contributed by atoms with van der Waals surface area (Å²) >= 11 is 0. The summed E-state index contributed by atoms with van der Waals surface area (Å²) in [5, 5.41) is 2.78. The molecule has 0 aliphatic heterocycles. The number of fused-ring (bicyclic) bond motifs is 12. The fourth-order valence-electron chi connectivity index (χ4n) is 6.98. The quantitative estimate of drug-likeness (QED) is 0.243. The number of hydrogen-bond acceptors (Lipinski definition) is 0. The first-order valence-electron chi connectivity index (χ1n) is 11.6. The van der Waals surface area contributed by atoms with Gasteiger partial charge in [-0.1, -0.05) is 94.4 Å². The van der Waals surface area contributed by atoms with Crippen molar-refractivity contribution in [1.29, 1.82) is 0 Å². The van der Waals surface area contributed by atoms with Crippen molar-refractivity contribution in [3.05, 3.63) is 95.1 Å². The SMILES string of the molecule is Cn1c2ccccc2c2c3c(c4c(c21)-c1ccccc1C4(C)C)C(C)(C)c1ccccc1-3. The number of nitrogens with zero attached hydrogens (tertiary/aromatic N) is 1. The maximum atomic E-state index is 2.44. The lowest BCUT2D eigenvalue weighted by atomic mass is 9.72. The third kappa shape index (κ3) is 1.84. The molecule has 1 heterocycles. The average molecular weight is 414 g/mol. The zero-order chi connectivity index (χ0) is 22.0. The summed E-state index contributed by atoms with van der Waals surface area (Å²) in [5.74, 6) is 0. The van der Waals surface area contributed by atoms with Crippen LogP contribution in [0.3, 0.4) is 0 Å². The van der Waals surface area contributed by atoms with E-state index in [0.29, 0.717) is 0 Å². The molecule has 0 spiro atoms. The van der Waals surface area contributed by atoms with Gasteiger partial charge in [0.15, 0.2) is 0 Å². The molecule has 0 radical (unpaired) electrons. The second-order valence-electron chi connectivity index (χ2n) is 10.6. The monoisotopic (exact) mass is 413 g/mol. The van der Waals surface area contributed by atoms with Gasteiger partial charge in [0.1, 0.15) is 0 Å². The molecule has 0 atom stereocenters. The molecule has 1 nitrogen and oxygen atoms in total. The van der Waals surface area contributed by atoms with E-state index >= 15 is 0 Å². The molecule has 32 heavy (non-hydrogen) atoms. The van der Waals surface area contributed by atoms with Crippen LogP contribution in [0.1, 0.15) is 49.9 Å². The molecule has 5 aromatic rings. The predicted molar refractivity (Wildman–Crippen MR) is 136 cm³/mol. The molecule has 2 aliphatic rings. The summed E-state index contributed by atoms with van der Waals surface area (Å²) in [6.07, 6.45) is 0. The van der Waals surface area contributed by atoms with Crippen LogP contribution in [0.2, 0.25) is 0 Å². The first-order chi connectivity index (χ1) is 15.3. The second-order valence-corrected chi connectivity index (χ2v) is 10.6. The van der Waals surface area contributed by atoms with E-state index in [1.807, 2.05) is 0 Å². The highest BCUT2D eigenvalue weighted by atomic mass is 14.9. The molecule has 0 saturated heterocycles. The van der Waals surface area contributed by atoms with Crippen LogP contribution >= 0.6 is 0 Å². The molecular weight excluding hydrogens is 386 g/mol. The maximum Gasteiger partial charge on any atom is 0.0578 e. The Morgan fingerprint density at radius 1 is 0.594 bits per heavy atom. The van der Waals surface area contributed by atoms with Gasteiger partial charge in [0.25, 0.3) is 0 Å². The molecule has 0 saturated carbocycles. The summed E-state index contributed by atoms with van der Waals surface area (Å²) < 4.78 is 2.44. The van der Waals surface area contributed by atoms with Crippen LogP contribution < -0.4 is 0 Å². The largest absolute Gasteiger partial charge is 0.343 e.